The van der Waals surface area contributed by atoms with Gasteiger partial charge in [0.2, 0.25) is 0 Å². The van der Waals surface area contributed by atoms with Gasteiger partial charge in [0.15, 0.2) is 0 Å². The normalized spacial score (nSPS) is 17.9. The number of carboxylic acid groups (broad SMARTS) is 2. The van der Waals surface area contributed by atoms with E-state index in [-0.39, 0.29) is 12.6 Å². The first kappa shape index (κ1) is 9.79. The average Bonchev–Trinajstić information content (AvgIpc) is 2.81. The molecular formula is C7H12N2O4. The van der Waals surface area contributed by atoms with E-state index in [0.717, 1.165) is 17.7 Å². The van der Waals surface area contributed by atoms with Gasteiger partial charge in [0.05, 0.1) is 6.54 Å². The van der Waals surface area contributed by atoms with Gasteiger partial charge in [-0.1, -0.05) is 0 Å². The highest BCUT2D eigenvalue weighted by Gasteiger charge is 2.34. The maximum absolute atomic E-state index is 10.6. The van der Waals surface area contributed by atoms with Crippen LogP contribution in [0.5, 0.6) is 0 Å². The third kappa shape index (κ3) is 2.59. The highest BCUT2D eigenvalue weighted by Crippen LogP contribution is 2.26. The maximum atomic E-state index is 10.6. The molecule has 1 rings (SSSR count). The maximum Gasteiger partial charge on any atom is 0.407 e. The first-order valence-corrected chi connectivity index (χ1v) is 4.00. The fourth-order valence-corrected chi connectivity index (χ4v) is 1.06. The fourth-order valence-electron chi connectivity index (χ4n) is 1.06. The molecule has 0 aromatic rings. The summed E-state index contributed by atoms with van der Waals surface area (Å²) in [5.74, 6) is -1.17. The second-order valence-electron chi connectivity index (χ2n) is 3.11. The summed E-state index contributed by atoms with van der Waals surface area (Å²) in [5, 5.41) is 17.2. The summed E-state index contributed by atoms with van der Waals surface area (Å²) >= 11 is 0. The molecule has 1 saturated carbocycles. The molecule has 0 heterocycles. The zero-order valence-corrected chi connectivity index (χ0v) is 7.01. The number of rotatable bonds is 4. The van der Waals surface area contributed by atoms with Crippen LogP contribution in [0, 0.1) is 0 Å². The van der Waals surface area contributed by atoms with E-state index in [2.05, 4.69) is 0 Å². The molecule has 1 fully saturated rings. The van der Waals surface area contributed by atoms with Crippen LogP contribution in [0.25, 0.3) is 0 Å². The minimum absolute atomic E-state index is 0.0251. The van der Waals surface area contributed by atoms with Crippen LogP contribution in [0.2, 0.25) is 0 Å². The van der Waals surface area contributed by atoms with Crippen LogP contribution in [0.1, 0.15) is 12.8 Å². The lowest BCUT2D eigenvalue weighted by Crippen LogP contribution is -2.45. The van der Waals surface area contributed by atoms with E-state index in [0.29, 0.717) is 0 Å². The molecule has 0 saturated heterocycles. The number of nitrogens with zero attached hydrogens (tertiary/aromatic N) is 1. The van der Waals surface area contributed by atoms with Crippen LogP contribution >= 0.6 is 0 Å². The molecule has 6 nitrogen and oxygen atoms in total. The van der Waals surface area contributed by atoms with Crippen molar-refractivity contribution in [1.29, 1.82) is 0 Å². The second kappa shape index (κ2) is 3.61. The third-order valence-corrected chi connectivity index (χ3v) is 1.94. The van der Waals surface area contributed by atoms with Gasteiger partial charge >= 0.3 is 12.1 Å². The fraction of sp³-hybridized carbons (Fsp3) is 0.714. The molecule has 0 aliphatic heterocycles. The Morgan fingerprint density at radius 3 is 2.31 bits per heavy atom. The van der Waals surface area contributed by atoms with Gasteiger partial charge in [0.1, 0.15) is 6.04 Å². The molecule has 0 radical (unpaired) electrons. The number of nitrogens with two attached hydrogens (primary N) is 1. The van der Waals surface area contributed by atoms with E-state index >= 15 is 0 Å². The van der Waals surface area contributed by atoms with Crippen molar-refractivity contribution in [2.24, 2.45) is 5.73 Å². The van der Waals surface area contributed by atoms with Gasteiger partial charge in [-0.15, -0.1) is 0 Å². The highest BCUT2D eigenvalue weighted by molar-refractivity contribution is 5.75. The Labute approximate surface area is 74.9 Å². The molecule has 1 amide bonds. The topological polar surface area (TPSA) is 104 Å². The lowest BCUT2D eigenvalue weighted by atomic mass is 10.3. The third-order valence-electron chi connectivity index (χ3n) is 1.94. The predicted molar refractivity (Wildman–Crippen MR) is 43.4 cm³/mol. The quantitative estimate of drug-likeness (QED) is 0.553. The van der Waals surface area contributed by atoms with E-state index in [1.54, 1.807) is 0 Å². The zero-order valence-electron chi connectivity index (χ0n) is 7.01. The number of hydrogen-bond donors (Lipinski definition) is 3. The van der Waals surface area contributed by atoms with Crippen LogP contribution in [0.4, 0.5) is 4.79 Å². The van der Waals surface area contributed by atoms with Gasteiger partial charge < -0.3 is 20.8 Å². The SMILES string of the molecule is N[C@@H](CN(C(=O)O)C1CC1)C(=O)O. The number of aliphatic carboxylic acids is 1. The van der Waals surface area contributed by atoms with Gasteiger partial charge in [-0.3, -0.25) is 4.79 Å². The molecule has 74 valence electrons. The van der Waals surface area contributed by atoms with Crippen molar-refractivity contribution < 1.29 is 19.8 Å². The molecule has 4 N–H and O–H groups in total. The largest absolute Gasteiger partial charge is 0.480 e. The van der Waals surface area contributed by atoms with Gasteiger partial charge in [-0.05, 0) is 12.8 Å². The van der Waals surface area contributed by atoms with Crippen LogP contribution in [-0.2, 0) is 4.79 Å². The Morgan fingerprint density at radius 2 is 2.00 bits per heavy atom. The monoisotopic (exact) mass is 188 g/mol. The molecule has 0 unspecified atom stereocenters. The molecule has 6 heteroatoms. The molecule has 0 spiro atoms. The van der Waals surface area contributed by atoms with Crippen molar-refractivity contribution in [2.75, 3.05) is 6.54 Å². The Hall–Kier alpha value is -1.30. The molecule has 0 bridgehead atoms. The van der Waals surface area contributed by atoms with Gasteiger partial charge in [0, 0.05) is 6.04 Å². The summed E-state index contributed by atoms with van der Waals surface area (Å²) in [5.41, 5.74) is 5.22. The van der Waals surface area contributed by atoms with Crippen LogP contribution in [0.15, 0.2) is 0 Å². The number of carbonyl (C=O) groups is 2. The average molecular weight is 188 g/mol. The first-order valence-electron chi connectivity index (χ1n) is 4.00. The lowest BCUT2D eigenvalue weighted by Gasteiger charge is -2.20. The highest BCUT2D eigenvalue weighted by atomic mass is 16.4. The summed E-state index contributed by atoms with van der Waals surface area (Å²) in [6.45, 7) is -0.130. The van der Waals surface area contributed by atoms with Crippen molar-refractivity contribution in [3.05, 3.63) is 0 Å². The molecular weight excluding hydrogens is 176 g/mol. The summed E-state index contributed by atoms with van der Waals surface area (Å²) in [4.78, 5) is 22.1. The van der Waals surface area contributed by atoms with Crippen molar-refractivity contribution >= 4 is 12.1 Å². The number of carboxylic acids is 1. The van der Waals surface area contributed by atoms with Crippen LogP contribution in [0.3, 0.4) is 0 Å². The van der Waals surface area contributed by atoms with E-state index in [4.69, 9.17) is 15.9 Å². The van der Waals surface area contributed by atoms with Crippen molar-refractivity contribution in [3.8, 4) is 0 Å². The second-order valence-corrected chi connectivity index (χ2v) is 3.11. The summed E-state index contributed by atoms with van der Waals surface area (Å²) < 4.78 is 0. The smallest absolute Gasteiger partial charge is 0.407 e. The predicted octanol–water partition coefficient (Wildman–Crippen LogP) is -0.459. The van der Waals surface area contributed by atoms with E-state index < -0.39 is 18.1 Å². The zero-order chi connectivity index (χ0) is 10.0. The summed E-state index contributed by atoms with van der Waals surface area (Å²) in [6.07, 6.45) is 0.510. The lowest BCUT2D eigenvalue weighted by molar-refractivity contribution is -0.138. The molecule has 1 atom stereocenters. The van der Waals surface area contributed by atoms with Crippen LogP contribution < -0.4 is 5.73 Å². The Balaban J connectivity index is 2.47. The summed E-state index contributed by atoms with van der Waals surface area (Å²) in [6, 6.07) is -1.15. The Kier molecular flexibility index (Phi) is 2.72. The van der Waals surface area contributed by atoms with E-state index in [1.807, 2.05) is 0 Å². The molecule has 0 aromatic heterocycles. The van der Waals surface area contributed by atoms with Crippen molar-refractivity contribution in [3.63, 3.8) is 0 Å². The number of hydrogen-bond acceptors (Lipinski definition) is 3. The molecule has 1 aliphatic carbocycles. The van der Waals surface area contributed by atoms with Crippen molar-refractivity contribution in [2.45, 2.75) is 24.9 Å². The number of amides is 1. The van der Waals surface area contributed by atoms with E-state index in [1.165, 1.54) is 0 Å². The summed E-state index contributed by atoms with van der Waals surface area (Å²) in [7, 11) is 0. The van der Waals surface area contributed by atoms with E-state index in [9.17, 15) is 9.59 Å². The first-order chi connectivity index (χ1) is 6.02. The van der Waals surface area contributed by atoms with Gasteiger partial charge in [-0.25, -0.2) is 4.79 Å². The molecule has 1 aliphatic rings. The van der Waals surface area contributed by atoms with Crippen molar-refractivity contribution in [1.82, 2.24) is 4.90 Å². The molecule has 0 aromatic carbocycles. The standard InChI is InChI=1S/C7H12N2O4/c8-5(6(10)11)3-9(7(12)13)4-1-2-4/h4-5H,1-3,8H2,(H,10,11)(H,12,13)/t5-/m0/s1. The van der Waals surface area contributed by atoms with Crippen LogP contribution in [-0.4, -0.2) is 45.8 Å². The minimum atomic E-state index is -1.17. The Bertz CT molecular complexity index is 227. The van der Waals surface area contributed by atoms with Gasteiger partial charge in [0.25, 0.3) is 0 Å². The minimum Gasteiger partial charge on any atom is -0.480 e. The molecule has 13 heavy (non-hydrogen) atoms. The Morgan fingerprint density at radius 1 is 1.46 bits per heavy atom. The van der Waals surface area contributed by atoms with Gasteiger partial charge in [-0.2, -0.15) is 0 Å².